The minimum absolute atomic E-state index is 0.0649. The van der Waals surface area contributed by atoms with E-state index < -0.39 is 74.5 Å². The molecule has 2 heterocycles. The monoisotopic (exact) mass is 658 g/mol. The van der Waals surface area contributed by atoms with Crippen LogP contribution in [0.15, 0.2) is 24.3 Å². The number of carbonyl (C=O) groups is 1. The standard InChI is InChI=1S/C29H38O17/c1-37-15-6-13(7-16(38-2)20(15)31)26(35)42-11-29(36)12-43-28(25(29)34)46-24-22(33)21(32)19(10-30)45-27(24)44-14-8-17(39-3)23(41-5)18(9-14)40-4/h6-9,19,21-22,24-25,27-28,30-34,36H,10-12H2,1-5H3/t19-,21+,22-,24-,25+,27+,28+,29+/m0/s1. The Morgan fingerprint density at radius 3 is 1.98 bits per heavy atom. The molecule has 6 N–H and O–H groups in total. The lowest BCUT2D eigenvalue weighted by atomic mass is 9.98. The minimum Gasteiger partial charge on any atom is -0.502 e. The zero-order valence-electron chi connectivity index (χ0n) is 25.6. The predicted octanol–water partition coefficient (Wildman–Crippen LogP) is -1.06. The van der Waals surface area contributed by atoms with E-state index in [1.54, 1.807) is 0 Å². The van der Waals surface area contributed by atoms with Crippen molar-refractivity contribution < 1.29 is 82.8 Å². The number of hydrogen-bond donors (Lipinski definition) is 6. The van der Waals surface area contributed by atoms with Crippen LogP contribution in [0.25, 0.3) is 0 Å². The van der Waals surface area contributed by atoms with E-state index in [1.807, 2.05) is 0 Å². The molecular weight excluding hydrogens is 620 g/mol. The van der Waals surface area contributed by atoms with E-state index in [9.17, 15) is 35.4 Å². The molecule has 2 aromatic carbocycles. The first kappa shape index (κ1) is 35.1. The van der Waals surface area contributed by atoms with Crippen LogP contribution in [0.5, 0.6) is 40.2 Å². The first-order chi connectivity index (χ1) is 21.9. The predicted molar refractivity (Wildman–Crippen MR) is 152 cm³/mol. The lowest BCUT2D eigenvalue weighted by Crippen LogP contribution is -2.62. The highest BCUT2D eigenvalue weighted by Crippen LogP contribution is 2.42. The highest BCUT2D eigenvalue weighted by atomic mass is 16.8. The molecule has 2 fully saturated rings. The molecule has 17 heteroatoms. The number of phenolic OH excluding ortho intramolecular Hbond substituents is 1. The Kier molecular flexibility index (Phi) is 11.2. The zero-order valence-corrected chi connectivity index (χ0v) is 25.6. The number of aromatic hydroxyl groups is 1. The molecule has 0 aromatic heterocycles. The van der Waals surface area contributed by atoms with Crippen LogP contribution in [0.4, 0.5) is 0 Å². The molecule has 2 aliphatic heterocycles. The molecule has 0 spiro atoms. The number of carbonyl (C=O) groups excluding carboxylic acids is 1. The summed E-state index contributed by atoms with van der Waals surface area (Å²) in [5.74, 6) is -0.608. The van der Waals surface area contributed by atoms with Gasteiger partial charge in [0, 0.05) is 12.1 Å². The maximum atomic E-state index is 12.8. The minimum atomic E-state index is -2.18. The Bertz CT molecular complexity index is 1300. The smallest absolute Gasteiger partial charge is 0.338 e. The number of rotatable bonds is 13. The summed E-state index contributed by atoms with van der Waals surface area (Å²) in [5.41, 5.74) is -2.26. The van der Waals surface area contributed by atoms with E-state index in [0.29, 0.717) is 0 Å². The molecule has 0 unspecified atom stereocenters. The lowest BCUT2D eigenvalue weighted by Gasteiger charge is -2.42. The van der Waals surface area contributed by atoms with E-state index in [-0.39, 0.29) is 45.8 Å². The highest BCUT2D eigenvalue weighted by Gasteiger charge is 2.54. The third-order valence-electron chi connectivity index (χ3n) is 7.48. The Balaban J connectivity index is 1.50. The van der Waals surface area contributed by atoms with Gasteiger partial charge in [-0.05, 0) is 12.1 Å². The van der Waals surface area contributed by atoms with Gasteiger partial charge in [-0.1, -0.05) is 0 Å². The summed E-state index contributed by atoms with van der Waals surface area (Å²) in [6.07, 6.45) is -11.2. The Morgan fingerprint density at radius 1 is 0.870 bits per heavy atom. The number of esters is 1. The fraction of sp³-hybridized carbons (Fsp3) is 0.552. The molecule has 0 bridgehead atoms. The van der Waals surface area contributed by atoms with Crippen LogP contribution in [0.2, 0.25) is 0 Å². The first-order valence-corrected chi connectivity index (χ1v) is 13.8. The van der Waals surface area contributed by atoms with Crippen molar-refractivity contribution in [3.8, 4) is 40.2 Å². The molecule has 2 aromatic rings. The summed E-state index contributed by atoms with van der Waals surface area (Å²) in [6.45, 7) is -2.02. The first-order valence-electron chi connectivity index (χ1n) is 13.8. The number of hydrogen-bond acceptors (Lipinski definition) is 17. The number of aliphatic hydroxyl groups excluding tert-OH is 4. The van der Waals surface area contributed by atoms with Crippen molar-refractivity contribution in [2.24, 2.45) is 0 Å². The van der Waals surface area contributed by atoms with Gasteiger partial charge in [0.05, 0.1) is 54.3 Å². The largest absolute Gasteiger partial charge is 0.502 e. The zero-order chi connectivity index (χ0) is 33.8. The van der Waals surface area contributed by atoms with Crippen LogP contribution >= 0.6 is 0 Å². The van der Waals surface area contributed by atoms with E-state index >= 15 is 0 Å². The number of phenols is 1. The fourth-order valence-electron chi connectivity index (χ4n) is 4.89. The van der Waals surface area contributed by atoms with Crippen LogP contribution in [0.1, 0.15) is 10.4 Å². The molecule has 0 radical (unpaired) electrons. The summed E-state index contributed by atoms with van der Waals surface area (Å²) in [7, 11) is 6.74. The molecule has 46 heavy (non-hydrogen) atoms. The molecule has 0 amide bonds. The molecule has 8 atom stereocenters. The second-order valence-corrected chi connectivity index (χ2v) is 10.3. The lowest BCUT2D eigenvalue weighted by molar-refractivity contribution is -0.318. The van der Waals surface area contributed by atoms with Gasteiger partial charge in [0.1, 0.15) is 36.8 Å². The molecule has 256 valence electrons. The summed E-state index contributed by atoms with van der Waals surface area (Å²) in [5, 5.41) is 63.3. The molecule has 4 rings (SSSR count). The van der Waals surface area contributed by atoms with Crippen LogP contribution in [-0.2, 0) is 18.9 Å². The number of methoxy groups -OCH3 is 5. The fourth-order valence-corrected chi connectivity index (χ4v) is 4.89. The maximum absolute atomic E-state index is 12.8. The van der Waals surface area contributed by atoms with Gasteiger partial charge in [0.2, 0.25) is 17.8 Å². The third kappa shape index (κ3) is 6.96. The Labute approximate surface area is 263 Å². The average Bonchev–Trinajstić information content (AvgIpc) is 3.35. The molecule has 2 aliphatic rings. The van der Waals surface area contributed by atoms with Gasteiger partial charge in [-0.25, -0.2) is 4.79 Å². The SMILES string of the molecule is COc1cc(C(=O)OC[C@@]2(O)CO[C@H](O[C@@H]3[C@H](Oc4cc(OC)c(OC)c(OC)c4)O[C@@H](CO)[C@@H](O)[C@@H]3O)[C@H]2O)cc(OC)c1O. The van der Waals surface area contributed by atoms with Gasteiger partial charge >= 0.3 is 5.97 Å². The molecule has 17 nitrogen and oxygen atoms in total. The van der Waals surface area contributed by atoms with Crippen molar-refractivity contribution in [1.29, 1.82) is 0 Å². The normalized spacial score (nSPS) is 29.1. The second-order valence-electron chi connectivity index (χ2n) is 10.3. The van der Waals surface area contributed by atoms with Gasteiger partial charge in [0.15, 0.2) is 41.0 Å². The summed E-state index contributed by atoms with van der Waals surface area (Å²) >= 11 is 0. The Hall–Kier alpha value is -3.81. The van der Waals surface area contributed by atoms with Crippen molar-refractivity contribution in [1.82, 2.24) is 0 Å². The number of benzene rings is 2. The summed E-state index contributed by atoms with van der Waals surface area (Å²) in [6, 6.07) is 5.25. The molecular formula is C29H38O17. The maximum Gasteiger partial charge on any atom is 0.338 e. The molecule has 2 saturated heterocycles. The molecule has 0 aliphatic carbocycles. The van der Waals surface area contributed by atoms with Crippen molar-refractivity contribution >= 4 is 5.97 Å². The Morgan fingerprint density at radius 2 is 1.46 bits per heavy atom. The topological polar surface area (TPSA) is 231 Å². The summed E-state index contributed by atoms with van der Waals surface area (Å²) in [4.78, 5) is 12.8. The highest BCUT2D eigenvalue weighted by molar-refractivity contribution is 5.91. The van der Waals surface area contributed by atoms with Crippen molar-refractivity contribution in [3.63, 3.8) is 0 Å². The number of aliphatic hydroxyl groups is 5. The van der Waals surface area contributed by atoms with Crippen molar-refractivity contribution in [3.05, 3.63) is 29.8 Å². The van der Waals surface area contributed by atoms with Crippen LogP contribution in [-0.4, -0.2) is 141 Å². The molecule has 0 saturated carbocycles. The van der Waals surface area contributed by atoms with E-state index in [1.165, 1.54) is 59.8 Å². The van der Waals surface area contributed by atoms with Gasteiger partial charge in [-0.3, -0.25) is 0 Å². The van der Waals surface area contributed by atoms with Crippen LogP contribution < -0.4 is 28.4 Å². The van der Waals surface area contributed by atoms with E-state index in [0.717, 1.165) is 0 Å². The van der Waals surface area contributed by atoms with Gasteiger partial charge in [0.25, 0.3) is 0 Å². The third-order valence-corrected chi connectivity index (χ3v) is 7.48. The van der Waals surface area contributed by atoms with Crippen molar-refractivity contribution in [2.45, 2.75) is 48.7 Å². The summed E-state index contributed by atoms with van der Waals surface area (Å²) < 4.78 is 54.1. The van der Waals surface area contributed by atoms with Crippen molar-refractivity contribution in [2.75, 3.05) is 55.4 Å². The second kappa shape index (κ2) is 14.7. The average molecular weight is 659 g/mol. The van der Waals surface area contributed by atoms with Crippen LogP contribution in [0.3, 0.4) is 0 Å². The van der Waals surface area contributed by atoms with Gasteiger partial charge < -0.3 is 78.0 Å². The van der Waals surface area contributed by atoms with Gasteiger partial charge in [-0.15, -0.1) is 0 Å². The van der Waals surface area contributed by atoms with Crippen LogP contribution in [0, 0.1) is 0 Å². The van der Waals surface area contributed by atoms with Gasteiger partial charge in [-0.2, -0.15) is 0 Å². The quantitative estimate of drug-likeness (QED) is 0.141. The van der Waals surface area contributed by atoms with E-state index in [2.05, 4.69) is 0 Å². The van der Waals surface area contributed by atoms with E-state index in [4.69, 9.17) is 47.4 Å². The number of ether oxygens (including phenoxy) is 10.